The Kier molecular flexibility index (Phi) is 6.58. The summed E-state index contributed by atoms with van der Waals surface area (Å²) in [6, 6.07) is 6.03. The SMILES string of the molecule is CCC(=O)[C@@H]1O[C@H](n2cnc3c(NCc4cc(Cl)ccc4Oc4cc(C)no4)ncnc32)[C@@H](O)[C@H]1N. The first-order chi connectivity index (χ1) is 17.4. The van der Waals surface area contributed by atoms with Gasteiger partial charge in [0, 0.05) is 29.6 Å². The highest BCUT2D eigenvalue weighted by atomic mass is 35.5. The lowest BCUT2D eigenvalue weighted by atomic mass is 10.0. The molecule has 5 rings (SSSR count). The van der Waals surface area contributed by atoms with Gasteiger partial charge in [0.05, 0.1) is 18.1 Å². The summed E-state index contributed by atoms with van der Waals surface area (Å²) in [4.78, 5) is 25.2. The van der Waals surface area contributed by atoms with Crippen LogP contribution in [-0.4, -0.2) is 53.8 Å². The van der Waals surface area contributed by atoms with Gasteiger partial charge in [-0.15, -0.1) is 0 Å². The minimum Gasteiger partial charge on any atom is -0.424 e. The van der Waals surface area contributed by atoms with E-state index in [9.17, 15) is 9.90 Å². The Hall–Kier alpha value is -3.58. The van der Waals surface area contributed by atoms with E-state index < -0.39 is 24.5 Å². The number of carbonyl (C=O) groups excluding carboxylic acids is 1. The molecule has 36 heavy (non-hydrogen) atoms. The summed E-state index contributed by atoms with van der Waals surface area (Å²) in [5.41, 5.74) is 8.35. The van der Waals surface area contributed by atoms with Gasteiger partial charge in [0.1, 0.15) is 24.3 Å². The quantitative estimate of drug-likeness (QED) is 0.317. The summed E-state index contributed by atoms with van der Waals surface area (Å²) >= 11 is 6.21. The number of hydrogen-bond acceptors (Lipinski definition) is 11. The molecule has 1 fully saturated rings. The Bertz CT molecular complexity index is 1410. The summed E-state index contributed by atoms with van der Waals surface area (Å²) in [7, 11) is 0. The summed E-state index contributed by atoms with van der Waals surface area (Å²) in [5, 5.41) is 18.2. The number of imidazole rings is 1. The second kappa shape index (κ2) is 9.82. The molecule has 188 valence electrons. The molecule has 0 radical (unpaired) electrons. The van der Waals surface area contributed by atoms with Crippen molar-refractivity contribution in [3.8, 4) is 11.7 Å². The molecular formula is C23H24ClN7O5. The monoisotopic (exact) mass is 513 g/mol. The molecule has 4 N–H and O–H groups in total. The van der Waals surface area contributed by atoms with Gasteiger partial charge in [-0.1, -0.05) is 23.7 Å². The molecule has 3 aromatic heterocycles. The zero-order valence-corrected chi connectivity index (χ0v) is 20.2. The first-order valence-corrected chi connectivity index (χ1v) is 11.7. The van der Waals surface area contributed by atoms with Crippen molar-refractivity contribution in [2.75, 3.05) is 5.32 Å². The molecule has 0 aliphatic carbocycles. The number of aliphatic hydroxyl groups is 1. The molecule has 4 aromatic rings. The number of ether oxygens (including phenoxy) is 2. The lowest BCUT2D eigenvalue weighted by Gasteiger charge is -2.16. The number of fused-ring (bicyclic) bond motifs is 1. The molecule has 0 saturated carbocycles. The van der Waals surface area contributed by atoms with E-state index in [1.807, 2.05) is 0 Å². The van der Waals surface area contributed by atoms with Crippen molar-refractivity contribution in [2.45, 2.75) is 51.3 Å². The largest absolute Gasteiger partial charge is 0.424 e. The molecule has 4 heterocycles. The van der Waals surface area contributed by atoms with Gasteiger partial charge in [0.25, 0.3) is 0 Å². The van der Waals surface area contributed by atoms with Crippen molar-refractivity contribution in [3.05, 3.63) is 53.2 Å². The zero-order chi connectivity index (χ0) is 25.4. The number of carbonyl (C=O) groups is 1. The van der Waals surface area contributed by atoms with Crippen LogP contribution in [0.1, 0.15) is 30.8 Å². The molecule has 0 unspecified atom stereocenters. The van der Waals surface area contributed by atoms with Gasteiger partial charge < -0.3 is 30.2 Å². The van der Waals surface area contributed by atoms with Crippen LogP contribution >= 0.6 is 11.6 Å². The van der Waals surface area contributed by atoms with E-state index in [1.54, 1.807) is 42.7 Å². The number of nitrogens with two attached hydrogens (primary N) is 1. The number of nitrogens with one attached hydrogen (secondary N) is 1. The number of Topliss-reactive ketones (excluding diaryl/α,β-unsaturated/α-hetero) is 1. The van der Waals surface area contributed by atoms with Crippen molar-refractivity contribution in [2.24, 2.45) is 5.73 Å². The van der Waals surface area contributed by atoms with E-state index in [-0.39, 0.29) is 18.2 Å². The van der Waals surface area contributed by atoms with Crippen molar-refractivity contribution >= 4 is 34.4 Å². The summed E-state index contributed by atoms with van der Waals surface area (Å²) in [6.07, 6.45) is 0.174. The number of benzene rings is 1. The molecule has 13 heteroatoms. The number of aryl methyl sites for hydroxylation is 1. The number of rotatable bonds is 8. The van der Waals surface area contributed by atoms with Crippen molar-refractivity contribution in [1.82, 2.24) is 24.7 Å². The van der Waals surface area contributed by atoms with Gasteiger partial charge in [0.15, 0.2) is 29.0 Å². The van der Waals surface area contributed by atoms with Crippen LogP contribution in [0.25, 0.3) is 11.2 Å². The number of aliphatic hydroxyl groups excluding tert-OH is 1. The van der Waals surface area contributed by atoms with Gasteiger partial charge >= 0.3 is 5.95 Å². The Labute approximate surface area is 210 Å². The third kappa shape index (κ3) is 4.51. The average Bonchev–Trinajstić information content (AvgIpc) is 3.56. The lowest BCUT2D eigenvalue weighted by Crippen LogP contribution is -2.43. The number of aromatic nitrogens is 5. The molecule has 0 bridgehead atoms. The average molecular weight is 514 g/mol. The van der Waals surface area contributed by atoms with Gasteiger partial charge in [-0.25, -0.2) is 15.0 Å². The molecule has 4 atom stereocenters. The van der Waals surface area contributed by atoms with E-state index in [1.165, 1.54) is 12.7 Å². The standard InChI is InChI=1S/C23H24ClN7O5/c1-3-14(32)20-17(25)19(33)23(35-20)31-10-29-18-21(27-9-28-22(18)31)26-8-12-7-13(24)4-5-15(12)34-16-6-11(2)30-36-16/h4-7,9-10,17,19-20,23,33H,3,8,25H2,1-2H3,(H,26,27,28)/t17-,19+,20+,23+/m1/s1. The van der Waals surface area contributed by atoms with Gasteiger partial charge in [-0.05, 0) is 25.1 Å². The van der Waals surface area contributed by atoms with Crippen LogP contribution in [0.15, 0.2) is 41.4 Å². The van der Waals surface area contributed by atoms with Crippen LogP contribution in [-0.2, 0) is 16.1 Å². The van der Waals surface area contributed by atoms with E-state index in [4.69, 9.17) is 31.3 Å². The zero-order valence-electron chi connectivity index (χ0n) is 19.5. The summed E-state index contributed by atoms with van der Waals surface area (Å²) < 4.78 is 18.4. The maximum atomic E-state index is 12.2. The van der Waals surface area contributed by atoms with E-state index in [0.29, 0.717) is 40.0 Å². The Morgan fingerprint density at radius 2 is 2.14 bits per heavy atom. The van der Waals surface area contributed by atoms with Crippen LogP contribution in [0.3, 0.4) is 0 Å². The van der Waals surface area contributed by atoms with Crippen molar-refractivity contribution < 1.29 is 23.9 Å². The number of nitrogens with zero attached hydrogens (tertiary/aromatic N) is 5. The third-order valence-electron chi connectivity index (χ3n) is 5.91. The first-order valence-electron chi connectivity index (χ1n) is 11.3. The topological polar surface area (TPSA) is 163 Å². The van der Waals surface area contributed by atoms with Crippen LogP contribution < -0.4 is 15.8 Å². The Morgan fingerprint density at radius 1 is 1.31 bits per heavy atom. The molecule has 1 aromatic carbocycles. The highest BCUT2D eigenvalue weighted by molar-refractivity contribution is 6.30. The minimum absolute atomic E-state index is 0.175. The van der Waals surface area contributed by atoms with Gasteiger partial charge in [-0.2, -0.15) is 0 Å². The highest BCUT2D eigenvalue weighted by Crippen LogP contribution is 2.33. The second-order valence-corrected chi connectivity index (χ2v) is 8.81. The van der Waals surface area contributed by atoms with Gasteiger partial charge in [-0.3, -0.25) is 9.36 Å². The minimum atomic E-state index is -1.11. The smallest absolute Gasteiger partial charge is 0.316 e. The van der Waals surface area contributed by atoms with Crippen LogP contribution in [0.4, 0.5) is 5.82 Å². The van der Waals surface area contributed by atoms with E-state index in [2.05, 4.69) is 25.4 Å². The summed E-state index contributed by atoms with van der Waals surface area (Å²) in [5.74, 6) is 1.05. The predicted molar refractivity (Wildman–Crippen MR) is 129 cm³/mol. The van der Waals surface area contributed by atoms with Crippen molar-refractivity contribution in [3.63, 3.8) is 0 Å². The number of hydrogen-bond donors (Lipinski definition) is 3. The third-order valence-corrected chi connectivity index (χ3v) is 6.14. The van der Waals surface area contributed by atoms with E-state index in [0.717, 1.165) is 5.56 Å². The normalized spacial score (nSPS) is 21.7. The number of halogens is 1. The Morgan fingerprint density at radius 3 is 2.89 bits per heavy atom. The fourth-order valence-electron chi connectivity index (χ4n) is 4.04. The molecule has 1 aliphatic rings. The van der Waals surface area contributed by atoms with Gasteiger partial charge in [0.2, 0.25) is 0 Å². The van der Waals surface area contributed by atoms with Crippen LogP contribution in [0.5, 0.6) is 11.7 Å². The maximum absolute atomic E-state index is 12.2. The van der Waals surface area contributed by atoms with Crippen LogP contribution in [0.2, 0.25) is 5.02 Å². The second-order valence-electron chi connectivity index (χ2n) is 8.38. The fourth-order valence-corrected chi connectivity index (χ4v) is 4.24. The molecule has 12 nitrogen and oxygen atoms in total. The number of ketones is 1. The highest BCUT2D eigenvalue weighted by Gasteiger charge is 2.45. The molecular weight excluding hydrogens is 490 g/mol. The van der Waals surface area contributed by atoms with E-state index >= 15 is 0 Å². The fraction of sp³-hybridized carbons (Fsp3) is 0.348. The lowest BCUT2D eigenvalue weighted by molar-refractivity contribution is -0.132. The number of anilines is 1. The molecule has 0 spiro atoms. The first kappa shape index (κ1) is 24.1. The molecule has 0 amide bonds. The molecule has 1 saturated heterocycles. The Balaban J connectivity index is 1.39. The molecule has 1 aliphatic heterocycles. The van der Waals surface area contributed by atoms with Crippen molar-refractivity contribution in [1.29, 1.82) is 0 Å². The maximum Gasteiger partial charge on any atom is 0.316 e. The van der Waals surface area contributed by atoms with Crippen LogP contribution in [0, 0.1) is 6.92 Å². The predicted octanol–water partition coefficient (Wildman–Crippen LogP) is 2.75. The summed E-state index contributed by atoms with van der Waals surface area (Å²) in [6.45, 7) is 3.81.